The number of ether oxygens (including phenoxy) is 1. The lowest BCUT2D eigenvalue weighted by Gasteiger charge is -2.32. The lowest BCUT2D eigenvalue weighted by Crippen LogP contribution is -2.41. The van der Waals surface area contributed by atoms with Gasteiger partial charge in [0.1, 0.15) is 5.75 Å². The van der Waals surface area contributed by atoms with Crippen molar-refractivity contribution in [2.75, 3.05) is 19.7 Å². The molecule has 1 aliphatic rings. The molecule has 29 heavy (non-hydrogen) atoms. The van der Waals surface area contributed by atoms with Crippen molar-refractivity contribution in [1.29, 1.82) is 0 Å². The van der Waals surface area contributed by atoms with E-state index in [-0.39, 0.29) is 17.9 Å². The molecule has 1 saturated heterocycles. The molecule has 3 rings (SSSR count). The van der Waals surface area contributed by atoms with Crippen LogP contribution in [0.5, 0.6) is 5.75 Å². The van der Waals surface area contributed by atoms with Gasteiger partial charge in [-0.1, -0.05) is 17.7 Å². The molecule has 1 atom stereocenters. The van der Waals surface area contributed by atoms with Gasteiger partial charge in [-0.3, -0.25) is 9.59 Å². The first-order chi connectivity index (χ1) is 13.9. The van der Waals surface area contributed by atoms with Gasteiger partial charge in [-0.05, 0) is 70.0 Å². The molecule has 1 aliphatic heterocycles. The van der Waals surface area contributed by atoms with Crippen LogP contribution in [0.4, 0.5) is 0 Å². The van der Waals surface area contributed by atoms with E-state index in [0.29, 0.717) is 24.6 Å². The molecule has 0 aromatic heterocycles. The Balaban J connectivity index is 1.53. The van der Waals surface area contributed by atoms with Gasteiger partial charge < -0.3 is 15.0 Å². The maximum atomic E-state index is 12.8. The highest BCUT2D eigenvalue weighted by atomic mass is 16.5. The second kappa shape index (κ2) is 9.59. The van der Waals surface area contributed by atoms with E-state index in [1.165, 1.54) is 0 Å². The third-order valence-electron chi connectivity index (χ3n) is 5.09. The quantitative estimate of drug-likeness (QED) is 0.804. The van der Waals surface area contributed by atoms with E-state index >= 15 is 0 Å². The number of nitrogens with zero attached hydrogens (tertiary/aromatic N) is 1. The van der Waals surface area contributed by atoms with Crippen LogP contribution in [0.25, 0.3) is 0 Å². The van der Waals surface area contributed by atoms with Crippen LogP contribution >= 0.6 is 0 Å². The fraction of sp³-hybridized carbons (Fsp3) is 0.417. The maximum absolute atomic E-state index is 12.8. The van der Waals surface area contributed by atoms with Gasteiger partial charge in [0.2, 0.25) is 0 Å². The van der Waals surface area contributed by atoms with Gasteiger partial charge in [-0.2, -0.15) is 0 Å². The molecule has 1 heterocycles. The van der Waals surface area contributed by atoms with E-state index in [1.54, 1.807) is 12.1 Å². The fourth-order valence-corrected chi connectivity index (χ4v) is 3.61. The van der Waals surface area contributed by atoms with E-state index in [2.05, 4.69) is 5.32 Å². The molecule has 0 saturated carbocycles. The largest absolute Gasteiger partial charge is 0.493 e. The average molecular weight is 395 g/mol. The molecule has 1 fully saturated rings. The van der Waals surface area contributed by atoms with Gasteiger partial charge in [-0.15, -0.1) is 0 Å². The van der Waals surface area contributed by atoms with E-state index in [4.69, 9.17) is 4.74 Å². The zero-order chi connectivity index (χ0) is 20.8. The first-order valence-electron chi connectivity index (χ1n) is 10.3. The Morgan fingerprint density at radius 3 is 2.59 bits per heavy atom. The van der Waals surface area contributed by atoms with E-state index < -0.39 is 0 Å². The second-order valence-corrected chi connectivity index (χ2v) is 8.09. The minimum absolute atomic E-state index is 0.0795. The summed E-state index contributed by atoms with van der Waals surface area (Å²) in [7, 11) is 0. The summed E-state index contributed by atoms with van der Waals surface area (Å²) in [6.07, 6.45) is 2.03. The third kappa shape index (κ3) is 5.83. The Morgan fingerprint density at radius 2 is 1.90 bits per heavy atom. The van der Waals surface area contributed by atoms with Crippen molar-refractivity contribution in [3.8, 4) is 5.75 Å². The maximum Gasteiger partial charge on any atom is 0.253 e. The van der Waals surface area contributed by atoms with Crippen LogP contribution in [0, 0.1) is 12.8 Å². The Kier molecular flexibility index (Phi) is 6.91. The summed E-state index contributed by atoms with van der Waals surface area (Å²) in [6.45, 7) is 7.94. The second-order valence-electron chi connectivity index (χ2n) is 8.09. The average Bonchev–Trinajstić information content (AvgIpc) is 2.72. The van der Waals surface area contributed by atoms with Gasteiger partial charge in [0.05, 0.1) is 6.61 Å². The molecule has 0 unspecified atom stereocenters. The van der Waals surface area contributed by atoms with Crippen LogP contribution in [-0.4, -0.2) is 42.5 Å². The molecule has 5 heteroatoms. The molecule has 1 N–H and O–H groups in total. The number of carbonyl (C=O) groups excluding carboxylic acids is 2. The number of amides is 2. The van der Waals surface area contributed by atoms with Crippen molar-refractivity contribution in [1.82, 2.24) is 10.2 Å². The monoisotopic (exact) mass is 394 g/mol. The molecule has 2 aromatic rings. The minimum atomic E-state index is -0.0795. The highest BCUT2D eigenvalue weighted by Crippen LogP contribution is 2.21. The van der Waals surface area contributed by atoms with Crippen molar-refractivity contribution in [3.05, 3.63) is 65.2 Å². The molecule has 0 radical (unpaired) electrons. The smallest absolute Gasteiger partial charge is 0.253 e. The molecule has 2 amide bonds. The first-order valence-corrected chi connectivity index (χ1v) is 10.3. The molecule has 0 aliphatic carbocycles. The van der Waals surface area contributed by atoms with Gasteiger partial charge >= 0.3 is 0 Å². The van der Waals surface area contributed by atoms with Crippen molar-refractivity contribution in [2.45, 2.75) is 39.7 Å². The van der Waals surface area contributed by atoms with Crippen molar-refractivity contribution in [2.24, 2.45) is 5.92 Å². The Morgan fingerprint density at radius 1 is 1.14 bits per heavy atom. The molecule has 154 valence electrons. The molecule has 0 spiro atoms. The highest BCUT2D eigenvalue weighted by Gasteiger charge is 2.25. The van der Waals surface area contributed by atoms with E-state index in [9.17, 15) is 9.59 Å². The van der Waals surface area contributed by atoms with Crippen molar-refractivity contribution >= 4 is 11.8 Å². The molecule has 5 nitrogen and oxygen atoms in total. The minimum Gasteiger partial charge on any atom is -0.493 e. The van der Waals surface area contributed by atoms with Crippen LogP contribution in [0.1, 0.15) is 53.0 Å². The third-order valence-corrected chi connectivity index (χ3v) is 5.09. The lowest BCUT2D eigenvalue weighted by molar-refractivity contribution is 0.0633. The number of benzene rings is 2. The topological polar surface area (TPSA) is 58.6 Å². The summed E-state index contributed by atoms with van der Waals surface area (Å²) >= 11 is 0. The number of carbonyl (C=O) groups is 2. The zero-order valence-electron chi connectivity index (χ0n) is 17.5. The van der Waals surface area contributed by atoms with Crippen LogP contribution in [0.3, 0.4) is 0 Å². The highest BCUT2D eigenvalue weighted by molar-refractivity contribution is 5.95. The van der Waals surface area contributed by atoms with Crippen LogP contribution in [0.15, 0.2) is 48.5 Å². The summed E-state index contributed by atoms with van der Waals surface area (Å²) < 4.78 is 5.94. The SMILES string of the molecule is Cc1cccc(C(=O)N2CCC[C@H](COc3ccc(C(=O)NC(C)C)cc3)C2)c1. The summed E-state index contributed by atoms with van der Waals surface area (Å²) in [5.41, 5.74) is 2.47. The molecule has 2 aromatic carbocycles. The number of nitrogens with one attached hydrogen (secondary N) is 1. The van der Waals surface area contributed by atoms with Crippen LogP contribution in [-0.2, 0) is 0 Å². The van der Waals surface area contributed by atoms with Gasteiger partial charge in [0, 0.05) is 36.2 Å². The van der Waals surface area contributed by atoms with Crippen LogP contribution < -0.4 is 10.1 Å². The van der Waals surface area contributed by atoms with E-state index in [0.717, 1.165) is 36.3 Å². The fourth-order valence-electron chi connectivity index (χ4n) is 3.61. The lowest BCUT2D eigenvalue weighted by atomic mass is 9.98. The predicted octanol–water partition coefficient (Wildman–Crippen LogP) is 4.06. The molecule has 0 bridgehead atoms. The van der Waals surface area contributed by atoms with Crippen LogP contribution in [0.2, 0.25) is 0 Å². The predicted molar refractivity (Wildman–Crippen MR) is 114 cm³/mol. The Hall–Kier alpha value is -2.82. The van der Waals surface area contributed by atoms with E-state index in [1.807, 2.05) is 62.1 Å². The van der Waals surface area contributed by atoms with Crippen molar-refractivity contribution in [3.63, 3.8) is 0 Å². The standard InChI is InChI=1S/C24H30N2O3/c1-17(2)25-23(27)20-9-11-22(12-10-20)29-16-19-7-5-13-26(15-19)24(28)21-8-4-6-18(3)14-21/h4,6,8-12,14,17,19H,5,7,13,15-16H2,1-3H3,(H,25,27)/t19-/m0/s1. The number of aryl methyl sites for hydroxylation is 1. The number of hydrogen-bond donors (Lipinski definition) is 1. The number of hydrogen-bond acceptors (Lipinski definition) is 3. The Bertz CT molecular complexity index is 845. The first kappa shape index (κ1) is 20.9. The van der Waals surface area contributed by atoms with Gasteiger partial charge in [0.15, 0.2) is 0 Å². The van der Waals surface area contributed by atoms with Crippen molar-refractivity contribution < 1.29 is 14.3 Å². The summed E-state index contributed by atoms with van der Waals surface area (Å²) in [4.78, 5) is 26.8. The zero-order valence-corrected chi connectivity index (χ0v) is 17.5. The summed E-state index contributed by atoms with van der Waals surface area (Å²) in [5, 5.41) is 2.88. The summed E-state index contributed by atoms with van der Waals surface area (Å²) in [5.74, 6) is 1.07. The molecular weight excluding hydrogens is 364 g/mol. The number of rotatable bonds is 6. The normalized spacial score (nSPS) is 16.6. The van der Waals surface area contributed by atoms with Gasteiger partial charge in [0.25, 0.3) is 11.8 Å². The van der Waals surface area contributed by atoms with Gasteiger partial charge in [-0.25, -0.2) is 0 Å². The molecular formula is C24H30N2O3. The number of piperidine rings is 1. The Labute approximate surface area is 173 Å². The summed E-state index contributed by atoms with van der Waals surface area (Å²) in [6, 6.07) is 15.1. The number of likely N-dealkylation sites (tertiary alicyclic amines) is 1.